The number of pyridine rings is 1. The van der Waals surface area contributed by atoms with E-state index in [1.807, 2.05) is 6.07 Å². The van der Waals surface area contributed by atoms with Gasteiger partial charge in [-0.15, -0.1) is 0 Å². The summed E-state index contributed by atoms with van der Waals surface area (Å²) in [5.41, 5.74) is 2.34. The topological polar surface area (TPSA) is 77.5 Å². The molecule has 1 aliphatic rings. The van der Waals surface area contributed by atoms with Crippen molar-refractivity contribution in [2.45, 2.75) is 20.0 Å². The summed E-state index contributed by atoms with van der Waals surface area (Å²) >= 11 is 0. The first-order valence-electron chi connectivity index (χ1n) is 5.57. The molecule has 0 aromatic carbocycles. The van der Waals surface area contributed by atoms with Gasteiger partial charge in [0.15, 0.2) is 0 Å². The molecular formula is C12H14N2O4. The van der Waals surface area contributed by atoms with Crippen molar-refractivity contribution in [3.63, 3.8) is 0 Å². The number of carbonyl (C=O) groups excluding carboxylic acids is 2. The molecule has 1 unspecified atom stereocenters. The van der Waals surface area contributed by atoms with Crippen LogP contribution >= 0.6 is 0 Å². The summed E-state index contributed by atoms with van der Waals surface area (Å²) in [6.07, 6.45) is 3.38. The number of nitrogens with zero attached hydrogens (tertiary/aromatic N) is 1. The number of hydroxylamine groups is 1. The van der Waals surface area contributed by atoms with Crippen molar-refractivity contribution in [2.24, 2.45) is 5.41 Å². The van der Waals surface area contributed by atoms with Gasteiger partial charge in [0, 0.05) is 12.4 Å². The number of carbonyl (C=O) groups is 2. The van der Waals surface area contributed by atoms with E-state index in [4.69, 9.17) is 9.57 Å². The van der Waals surface area contributed by atoms with Crippen molar-refractivity contribution in [1.29, 1.82) is 0 Å². The molecule has 1 fully saturated rings. The molecule has 96 valence electrons. The van der Waals surface area contributed by atoms with Crippen LogP contribution < -0.4 is 5.48 Å². The van der Waals surface area contributed by atoms with Crippen LogP contribution in [0.25, 0.3) is 0 Å². The molecule has 1 atom stereocenters. The highest BCUT2D eigenvalue weighted by Crippen LogP contribution is 2.28. The number of aromatic nitrogens is 1. The lowest BCUT2D eigenvalue weighted by atomic mass is 9.89. The summed E-state index contributed by atoms with van der Waals surface area (Å²) in [4.78, 5) is 31.8. The second-order valence-corrected chi connectivity index (χ2v) is 4.48. The van der Waals surface area contributed by atoms with Crippen molar-refractivity contribution in [3.05, 3.63) is 30.1 Å². The third kappa shape index (κ3) is 2.84. The molecule has 6 nitrogen and oxygen atoms in total. The van der Waals surface area contributed by atoms with E-state index in [-0.39, 0.29) is 31.5 Å². The van der Waals surface area contributed by atoms with Crippen LogP contribution in [0, 0.1) is 5.41 Å². The molecule has 1 aromatic rings. The average Bonchev–Trinajstić information content (AvgIpc) is 2.72. The van der Waals surface area contributed by atoms with Gasteiger partial charge in [-0.1, -0.05) is 6.07 Å². The minimum absolute atomic E-state index is 0.0785. The zero-order valence-corrected chi connectivity index (χ0v) is 10.0. The molecule has 0 bridgehead atoms. The predicted octanol–water partition coefficient (Wildman–Crippen LogP) is 0.583. The van der Waals surface area contributed by atoms with Gasteiger partial charge in [-0.3, -0.25) is 19.4 Å². The maximum absolute atomic E-state index is 11.8. The van der Waals surface area contributed by atoms with Crippen LogP contribution in [0.1, 0.15) is 18.9 Å². The maximum atomic E-state index is 11.8. The van der Waals surface area contributed by atoms with E-state index in [0.717, 1.165) is 5.56 Å². The number of ether oxygens (including phenoxy) is 1. The lowest BCUT2D eigenvalue weighted by Crippen LogP contribution is -2.39. The Balaban J connectivity index is 1.80. The molecule has 2 rings (SSSR count). The van der Waals surface area contributed by atoms with Crippen molar-refractivity contribution in [2.75, 3.05) is 6.61 Å². The van der Waals surface area contributed by atoms with Gasteiger partial charge < -0.3 is 4.74 Å². The number of cyclic esters (lactones) is 1. The van der Waals surface area contributed by atoms with Gasteiger partial charge in [-0.2, -0.15) is 0 Å². The van der Waals surface area contributed by atoms with E-state index < -0.39 is 5.41 Å². The fourth-order valence-electron chi connectivity index (χ4n) is 1.60. The minimum atomic E-state index is -0.841. The molecule has 1 N–H and O–H groups in total. The molecule has 2 heterocycles. The number of nitrogens with one attached hydrogen (secondary N) is 1. The smallest absolute Gasteiger partial charge is 0.307 e. The van der Waals surface area contributed by atoms with Gasteiger partial charge in [0.05, 0.1) is 11.8 Å². The molecular weight excluding hydrogens is 236 g/mol. The second-order valence-electron chi connectivity index (χ2n) is 4.48. The minimum Gasteiger partial charge on any atom is -0.464 e. The molecule has 1 amide bonds. The zero-order valence-electron chi connectivity index (χ0n) is 10.0. The summed E-state index contributed by atoms with van der Waals surface area (Å²) in [5.74, 6) is -0.711. The lowest BCUT2D eigenvalue weighted by molar-refractivity contribution is -0.144. The normalized spacial score (nSPS) is 22.6. The molecule has 0 radical (unpaired) electrons. The molecule has 1 saturated heterocycles. The summed E-state index contributed by atoms with van der Waals surface area (Å²) in [6, 6.07) is 3.62. The fourth-order valence-corrected chi connectivity index (χ4v) is 1.60. The summed E-state index contributed by atoms with van der Waals surface area (Å²) < 4.78 is 4.79. The Labute approximate surface area is 104 Å². The number of hydrogen-bond donors (Lipinski definition) is 1. The molecule has 0 spiro atoms. The van der Waals surface area contributed by atoms with Gasteiger partial charge in [-0.25, -0.2) is 5.48 Å². The van der Waals surface area contributed by atoms with E-state index >= 15 is 0 Å². The number of amides is 1. The largest absolute Gasteiger partial charge is 0.464 e. The Kier molecular flexibility index (Phi) is 3.57. The fraction of sp³-hybridized carbons (Fsp3) is 0.417. The van der Waals surface area contributed by atoms with Crippen LogP contribution in [-0.2, 0) is 25.8 Å². The van der Waals surface area contributed by atoms with Gasteiger partial charge in [0.25, 0.3) is 5.91 Å². The maximum Gasteiger partial charge on any atom is 0.307 e. The quantitative estimate of drug-likeness (QED) is 0.625. The first-order valence-corrected chi connectivity index (χ1v) is 5.57. The van der Waals surface area contributed by atoms with Gasteiger partial charge in [-0.05, 0) is 18.6 Å². The SMILES string of the molecule is CC1(C(=O)NOCc2cccnc2)COC(=O)C1. The number of rotatable bonds is 4. The summed E-state index contributed by atoms with van der Waals surface area (Å²) in [5, 5.41) is 0. The highest BCUT2D eigenvalue weighted by molar-refractivity contribution is 5.88. The van der Waals surface area contributed by atoms with Crippen molar-refractivity contribution >= 4 is 11.9 Å². The second kappa shape index (κ2) is 5.14. The van der Waals surface area contributed by atoms with Crippen LogP contribution in [0.4, 0.5) is 0 Å². The zero-order chi connectivity index (χ0) is 13.0. The van der Waals surface area contributed by atoms with Crippen LogP contribution in [0.15, 0.2) is 24.5 Å². The summed E-state index contributed by atoms with van der Waals surface area (Å²) in [6.45, 7) is 1.99. The predicted molar refractivity (Wildman–Crippen MR) is 60.9 cm³/mol. The Morgan fingerprint density at radius 2 is 2.50 bits per heavy atom. The standard InChI is InChI=1S/C12H14N2O4/c1-12(5-10(15)17-8-12)11(16)14-18-7-9-3-2-4-13-6-9/h2-4,6H,5,7-8H2,1H3,(H,14,16). The van der Waals surface area contributed by atoms with Crippen LogP contribution in [0.5, 0.6) is 0 Å². The van der Waals surface area contributed by atoms with Gasteiger partial charge in [0.1, 0.15) is 13.2 Å². The molecule has 0 saturated carbocycles. The van der Waals surface area contributed by atoms with Gasteiger partial charge >= 0.3 is 5.97 Å². The molecule has 18 heavy (non-hydrogen) atoms. The monoisotopic (exact) mass is 250 g/mol. The highest BCUT2D eigenvalue weighted by atomic mass is 16.7. The number of hydrogen-bond acceptors (Lipinski definition) is 5. The third-order valence-corrected chi connectivity index (χ3v) is 2.76. The van der Waals surface area contributed by atoms with Crippen LogP contribution in [0.2, 0.25) is 0 Å². The first-order chi connectivity index (χ1) is 8.60. The van der Waals surface area contributed by atoms with Gasteiger partial charge in [0.2, 0.25) is 0 Å². The van der Waals surface area contributed by atoms with Crippen LogP contribution in [-0.4, -0.2) is 23.5 Å². The van der Waals surface area contributed by atoms with Crippen LogP contribution in [0.3, 0.4) is 0 Å². The highest BCUT2D eigenvalue weighted by Gasteiger charge is 2.42. The first kappa shape index (κ1) is 12.5. The Bertz CT molecular complexity index is 449. The molecule has 1 aromatic heterocycles. The van der Waals surface area contributed by atoms with Crippen molar-refractivity contribution in [3.8, 4) is 0 Å². The van der Waals surface area contributed by atoms with Crippen molar-refractivity contribution < 1.29 is 19.2 Å². The van der Waals surface area contributed by atoms with E-state index in [1.54, 1.807) is 25.4 Å². The Hall–Kier alpha value is -1.95. The lowest BCUT2D eigenvalue weighted by Gasteiger charge is -2.18. The number of esters is 1. The third-order valence-electron chi connectivity index (χ3n) is 2.76. The van der Waals surface area contributed by atoms with E-state index in [2.05, 4.69) is 10.5 Å². The van der Waals surface area contributed by atoms with E-state index in [1.165, 1.54) is 0 Å². The van der Waals surface area contributed by atoms with Crippen molar-refractivity contribution in [1.82, 2.24) is 10.5 Å². The van der Waals surface area contributed by atoms with E-state index in [0.29, 0.717) is 0 Å². The molecule has 0 aliphatic carbocycles. The average molecular weight is 250 g/mol. The summed E-state index contributed by atoms with van der Waals surface area (Å²) in [7, 11) is 0. The Morgan fingerprint density at radius 3 is 3.11 bits per heavy atom. The Morgan fingerprint density at radius 1 is 1.67 bits per heavy atom. The molecule has 6 heteroatoms. The molecule has 1 aliphatic heterocycles. The van der Waals surface area contributed by atoms with E-state index in [9.17, 15) is 9.59 Å².